The molecule has 0 aliphatic carbocycles. The van der Waals surface area contributed by atoms with E-state index < -0.39 is 0 Å². The molecule has 0 unspecified atom stereocenters. The number of thioether (sulfide) groups is 2. The number of imide groups is 1. The van der Waals surface area contributed by atoms with Crippen LogP contribution in [0.1, 0.15) is 32.5 Å². The van der Waals surface area contributed by atoms with E-state index >= 15 is 0 Å². The van der Waals surface area contributed by atoms with Crippen molar-refractivity contribution in [1.29, 1.82) is 0 Å². The van der Waals surface area contributed by atoms with Crippen LogP contribution in [0.2, 0.25) is 0 Å². The van der Waals surface area contributed by atoms with Crippen molar-refractivity contribution in [2.24, 2.45) is 0 Å². The molecule has 2 fully saturated rings. The summed E-state index contributed by atoms with van der Waals surface area (Å²) in [5.74, 6) is 1.91. The number of benzene rings is 2. The summed E-state index contributed by atoms with van der Waals surface area (Å²) >= 11 is 3.90. The zero-order valence-corrected chi connectivity index (χ0v) is 17.4. The van der Waals surface area contributed by atoms with Gasteiger partial charge in [-0.05, 0) is 53.3 Å². The first-order chi connectivity index (χ1) is 14.1. The molecular formula is C21H21N3O3S2. The fourth-order valence-corrected chi connectivity index (χ4v) is 6.08. The summed E-state index contributed by atoms with van der Waals surface area (Å²) in [5, 5.41) is 5.45. The monoisotopic (exact) mass is 427 g/mol. The molecule has 2 aromatic carbocycles. The molecule has 0 spiro atoms. The molecule has 2 saturated heterocycles. The highest BCUT2D eigenvalue weighted by Crippen LogP contribution is 2.44. The number of nitrogens with one attached hydrogen (secondary N) is 2. The van der Waals surface area contributed by atoms with E-state index in [1.165, 1.54) is 28.4 Å². The molecule has 0 atom stereocenters. The van der Waals surface area contributed by atoms with Crippen LogP contribution in [0.5, 0.6) is 0 Å². The van der Waals surface area contributed by atoms with Gasteiger partial charge >= 0.3 is 6.03 Å². The SMILES string of the molecule is O=C(Nc1cccc(C2SCCCS2)c1)c1ccc(CN2C(=O)CNC2=O)cc1. The molecule has 0 saturated carbocycles. The largest absolute Gasteiger partial charge is 0.329 e. The Morgan fingerprint density at radius 2 is 1.86 bits per heavy atom. The fraction of sp³-hybridized carbons (Fsp3) is 0.286. The maximum atomic E-state index is 12.6. The molecule has 2 heterocycles. The van der Waals surface area contributed by atoms with E-state index in [0.29, 0.717) is 10.1 Å². The lowest BCUT2D eigenvalue weighted by Crippen LogP contribution is -2.30. The van der Waals surface area contributed by atoms with Gasteiger partial charge in [0.2, 0.25) is 5.91 Å². The van der Waals surface area contributed by atoms with Gasteiger partial charge in [-0.2, -0.15) is 0 Å². The summed E-state index contributed by atoms with van der Waals surface area (Å²) in [7, 11) is 0. The van der Waals surface area contributed by atoms with E-state index in [1.807, 2.05) is 41.7 Å². The molecular weight excluding hydrogens is 406 g/mol. The number of nitrogens with zero attached hydrogens (tertiary/aromatic N) is 1. The lowest BCUT2D eigenvalue weighted by molar-refractivity contribution is -0.125. The van der Waals surface area contributed by atoms with E-state index in [4.69, 9.17) is 0 Å². The third-order valence-electron chi connectivity index (χ3n) is 4.74. The van der Waals surface area contributed by atoms with Crippen LogP contribution in [0.15, 0.2) is 48.5 Å². The number of hydrogen-bond acceptors (Lipinski definition) is 5. The first kappa shape index (κ1) is 19.8. The van der Waals surface area contributed by atoms with Gasteiger partial charge in [-0.25, -0.2) is 4.79 Å². The fourth-order valence-electron chi connectivity index (χ4n) is 3.21. The Hall–Kier alpha value is -2.45. The van der Waals surface area contributed by atoms with Crippen molar-refractivity contribution in [3.05, 3.63) is 65.2 Å². The molecule has 4 amide bonds. The van der Waals surface area contributed by atoms with Gasteiger partial charge in [-0.3, -0.25) is 14.5 Å². The van der Waals surface area contributed by atoms with Gasteiger partial charge in [0.25, 0.3) is 5.91 Å². The minimum Gasteiger partial charge on any atom is -0.329 e. The van der Waals surface area contributed by atoms with E-state index in [9.17, 15) is 14.4 Å². The molecule has 8 heteroatoms. The molecule has 150 valence electrons. The number of hydrogen-bond donors (Lipinski definition) is 2. The van der Waals surface area contributed by atoms with Gasteiger partial charge < -0.3 is 10.6 Å². The van der Waals surface area contributed by atoms with Gasteiger partial charge in [0.05, 0.1) is 17.7 Å². The van der Waals surface area contributed by atoms with Crippen LogP contribution in [0.4, 0.5) is 10.5 Å². The topological polar surface area (TPSA) is 78.5 Å². The number of anilines is 1. The highest BCUT2D eigenvalue weighted by molar-refractivity contribution is 8.16. The number of urea groups is 1. The Morgan fingerprint density at radius 3 is 2.55 bits per heavy atom. The highest BCUT2D eigenvalue weighted by Gasteiger charge is 2.28. The van der Waals surface area contributed by atoms with E-state index in [1.54, 1.807) is 24.3 Å². The van der Waals surface area contributed by atoms with Crippen LogP contribution in [-0.4, -0.2) is 40.8 Å². The van der Waals surface area contributed by atoms with Crippen LogP contribution in [0.25, 0.3) is 0 Å². The van der Waals surface area contributed by atoms with Crippen molar-refractivity contribution in [3.63, 3.8) is 0 Å². The van der Waals surface area contributed by atoms with Gasteiger partial charge in [-0.1, -0.05) is 24.3 Å². The zero-order chi connectivity index (χ0) is 20.2. The number of amides is 4. The van der Waals surface area contributed by atoms with Crippen molar-refractivity contribution in [3.8, 4) is 0 Å². The Balaban J connectivity index is 1.39. The molecule has 2 aromatic rings. The zero-order valence-electron chi connectivity index (χ0n) is 15.7. The third kappa shape index (κ3) is 4.76. The Bertz CT molecular complexity index is 911. The summed E-state index contributed by atoms with van der Waals surface area (Å²) in [4.78, 5) is 37.1. The highest BCUT2D eigenvalue weighted by atomic mass is 32.2. The van der Waals surface area contributed by atoms with Crippen LogP contribution in [0, 0.1) is 0 Å². The standard InChI is InChI=1S/C21H21N3O3S2/c25-18-12-22-21(27)24(18)13-14-5-7-15(8-6-14)19(26)23-17-4-1-3-16(11-17)20-28-9-2-10-29-20/h1,3-8,11,20H,2,9-10,12-13H2,(H,22,27)(H,23,26). The van der Waals surface area contributed by atoms with Crippen molar-refractivity contribution in [2.45, 2.75) is 17.5 Å². The molecule has 4 rings (SSSR count). The molecule has 2 aliphatic rings. The smallest absolute Gasteiger partial charge is 0.324 e. The lowest BCUT2D eigenvalue weighted by atomic mass is 10.1. The number of carbonyl (C=O) groups excluding carboxylic acids is 3. The van der Waals surface area contributed by atoms with Crippen molar-refractivity contribution < 1.29 is 14.4 Å². The van der Waals surface area contributed by atoms with Gasteiger partial charge in [0.15, 0.2) is 0 Å². The van der Waals surface area contributed by atoms with Crippen LogP contribution >= 0.6 is 23.5 Å². The average Bonchev–Trinajstić information content (AvgIpc) is 3.07. The molecule has 2 N–H and O–H groups in total. The summed E-state index contributed by atoms with van der Waals surface area (Å²) < 4.78 is 0.422. The first-order valence-corrected chi connectivity index (χ1v) is 11.5. The Labute approximate surface area is 177 Å². The molecule has 29 heavy (non-hydrogen) atoms. The van der Waals surface area contributed by atoms with Crippen molar-refractivity contribution in [1.82, 2.24) is 10.2 Å². The summed E-state index contributed by atoms with van der Waals surface area (Å²) in [6, 6.07) is 14.6. The average molecular weight is 428 g/mol. The van der Waals surface area contributed by atoms with Gasteiger partial charge in [-0.15, -0.1) is 23.5 Å². The summed E-state index contributed by atoms with van der Waals surface area (Å²) in [5.41, 5.74) is 3.32. The summed E-state index contributed by atoms with van der Waals surface area (Å²) in [6.07, 6.45) is 1.24. The maximum absolute atomic E-state index is 12.6. The summed E-state index contributed by atoms with van der Waals surface area (Å²) in [6.45, 7) is 0.238. The second-order valence-electron chi connectivity index (χ2n) is 6.84. The normalized spacial score (nSPS) is 17.3. The van der Waals surface area contributed by atoms with E-state index in [2.05, 4.69) is 16.7 Å². The lowest BCUT2D eigenvalue weighted by Gasteiger charge is -2.21. The second-order valence-corrected chi connectivity index (χ2v) is 9.57. The maximum Gasteiger partial charge on any atom is 0.324 e. The predicted molar refractivity (Wildman–Crippen MR) is 117 cm³/mol. The van der Waals surface area contributed by atoms with E-state index in [0.717, 1.165) is 11.3 Å². The Kier molecular flexibility index (Phi) is 6.10. The third-order valence-corrected chi connectivity index (χ3v) is 7.75. The first-order valence-electron chi connectivity index (χ1n) is 9.42. The van der Waals surface area contributed by atoms with Crippen LogP contribution < -0.4 is 10.6 Å². The Morgan fingerprint density at radius 1 is 1.10 bits per heavy atom. The number of rotatable bonds is 5. The van der Waals surface area contributed by atoms with Crippen molar-refractivity contribution >= 4 is 47.1 Å². The quantitative estimate of drug-likeness (QED) is 0.709. The van der Waals surface area contributed by atoms with Crippen LogP contribution in [0.3, 0.4) is 0 Å². The van der Waals surface area contributed by atoms with Crippen LogP contribution in [-0.2, 0) is 11.3 Å². The van der Waals surface area contributed by atoms with Crippen molar-refractivity contribution in [2.75, 3.05) is 23.4 Å². The second kappa shape index (κ2) is 8.92. The predicted octanol–water partition coefficient (Wildman–Crippen LogP) is 3.86. The molecule has 2 aliphatic heterocycles. The minimum absolute atomic E-state index is 0.0380. The van der Waals surface area contributed by atoms with Gasteiger partial charge in [0.1, 0.15) is 0 Å². The molecule has 6 nitrogen and oxygen atoms in total. The molecule has 0 aromatic heterocycles. The van der Waals surface area contributed by atoms with E-state index in [-0.39, 0.29) is 30.9 Å². The van der Waals surface area contributed by atoms with Gasteiger partial charge in [0, 0.05) is 11.3 Å². The number of carbonyl (C=O) groups is 3. The minimum atomic E-state index is -0.383. The molecule has 0 radical (unpaired) electrons. The molecule has 0 bridgehead atoms.